The Morgan fingerprint density at radius 1 is 1.24 bits per heavy atom. The van der Waals surface area contributed by atoms with E-state index in [0.717, 1.165) is 28.8 Å². The molecule has 0 aliphatic rings. The Morgan fingerprint density at radius 2 is 2.00 bits per heavy atom. The summed E-state index contributed by atoms with van der Waals surface area (Å²) in [5.74, 6) is 0.217. The number of nitrogens with zero attached hydrogens (tertiary/aromatic N) is 1. The molecule has 5 heteroatoms. The Bertz CT molecular complexity index is 791. The Hall–Kier alpha value is -2.66. The first-order valence-corrected chi connectivity index (χ1v) is 6.75. The smallest absolute Gasteiger partial charge is 0.274 e. The number of hydrogen-bond donors (Lipinski definition) is 3. The van der Waals surface area contributed by atoms with Crippen LogP contribution in [0.4, 0.5) is 0 Å². The van der Waals surface area contributed by atoms with Crippen molar-refractivity contribution < 1.29 is 10.0 Å². The van der Waals surface area contributed by atoms with Crippen LogP contribution >= 0.6 is 0 Å². The number of nitrogens with one attached hydrogen (secondary N) is 2. The van der Waals surface area contributed by atoms with Gasteiger partial charge in [0.1, 0.15) is 5.82 Å². The van der Waals surface area contributed by atoms with Crippen molar-refractivity contribution >= 4 is 16.9 Å². The molecular formula is C16H15N3O2. The summed E-state index contributed by atoms with van der Waals surface area (Å²) >= 11 is 0. The van der Waals surface area contributed by atoms with E-state index in [1.807, 2.05) is 12.1 Å². The van der Waals surface area contributed by atoms with Crippen molar-refractivity contribution in [1.82, 2.24) is 15.4 Å². The third-order valence-corrected chi connectivity index (χ3v) is 3.48. The van der Waals surface area contributed by atoms with E-state index >= 15 is 0 Å². The van der Waals surface area contributed by atoms with Crippen LogP contribution in [0.25, 0.3) is 22.4 Å². The number of aromatic nitrogens is 2. The van der Waals surface area contributed by atoms with E-state index < -0.39 is 5.91 Å². The average Bonchev–Trinajstić information content (AvgIpc) is 2.97. The molecule has 0 aliphatic heterocycles. The van der Waals surface area contributed by atoms with Crippen LogP contribution in [0.5, 0.6) is 0 Å². The fourth-order valence-electron chi connectivity index (χ4n) is 2.25. The lowest BCUT2D eigenvalue weighted by molar-refractivity contribution is 0.0706. The fourth-order valence-corrected chi connectivity index (χ4v) is 2.25. The molecule has 1 heterocycles. The number of H-pyrrole nitrogens is 1. The van der Waals surface area contributed by atoms with Gasteiger partial charge in [0.2, 0.25) is 0 Å². The number of aryl methyl sites for hydroxylation is 1. The molecular weight excluding hydrogens is 266 g/mol. The summed E-state index contributed by atoms with van der Waals surface area (Å²) in [7, 11) is 0. The molecule has 0 atom stereocenters. The Labute approximate surface area is 121 Å². The van der Waals surface area contributed by atoms with Gasteiger partial charge in [-0.15, -0.1) is 0 Å². The van der Waals surface area contributed by atoms with Crippen molar-refractivity contribution in [2.75, 3.05) is 0 Å². The molecule has 0 bridgehead atoms. The van der Waals surface area contributed by atoms with Crippen LogP contribution in [0.1, 0.15) is 22.8 Å². The summed E-state index contributed by atoms with van der Waals surface area (Å²) < 4.78 is 0. The highest BCUT2D eigenvalue weighted by molar-refractivity contribution is 5.97. The lowest BCUT2D eigenvalue weighted by atomic mass is 10.1. The summed E-state index contributed by atoms with van der Waals surface area (Å²) in [6, 6.07) is 13.2. The molecule has 2 aromatic carbocycles. The number of amides is 1. The third kappa shape index (κ3) is 2.51. The molecule has 0 saturated carbocycles. The lowest BCUT2D eigenvalue weighted by Crippen LogP contribution is -2.18. The summed E-state index contributed by atoms with van der Waals surface area (Å²) in [6.45, 7) is 2.12. The molecule has 21 heavy (non-hydrogen) atoms. The maximum atomic E-state index is 11.4. The summed E-state index contributed by atoms with van der Waals surface area (Å²) in [5.41, 5.74) is 5.80. The predicted octanol–water partition coefficient (Wildman–Crippen LogP) is 2.91. The second-order valence-corrected chi connectivity index (χ2v) is 4.81. The second-order valence-electron chi connectivity index (χ2n) is 4.81. The highest BCUT2D eigenvalue weighted by Crippen LogP contribution is 2.22. The van der Waals surface area contributed by atoms with Crippen LogP contribution < -0.4 is 5.48 Å². The van der Waals surface area contributed by atoms with E-state index in [1.165, 1.54) is 5.56 Å². The monoisotopic (exact) mass is 281 g/mol. The van der Waals surface area contributed by atoms with Crippen LogP contribution in [0.15, 0.2) is 42.5 Å². The van der Waals surface area contributed by atoms with Crippen molar-refractivity contribution in [3.05, 3.63) is 53.6 Å². The van der Waals surface area contributed by atoms with Crippen LogP contribution in [0.3, 0.4) is 0 Å². The first-order chi connectivity index (χ1) is 10.2. The molecule has 0 fully saturated rings. The van der Waals surface area contributed by atoms with Crippen LogP contribution in [0.2, 0.25) is 0 Å². The van der Waals surface area contributed by atoms with Gasteiger partial charge in [-0.1, -0.05) is 31.2 Å². The van der Waals surface area contributed by atoms with Gasteiger partial charge in [-0.25, -0.2) is 10.5 Å². The zero-order valence-electron chi connectivity index (χ0n) is 11.6. The quantitative estimate of drug-likeness (QED) is 0.510. The van der Waals surface area contributed by atoms with Crippen molar-refractivity contribution in [2.24, 2.45) is 0 Å². The molecule has 1 aromatic heterocycles. The van der Waals surface area contributed by atoms with E-state index in [-0.39, 0.29) is 0 Å². The van der Waals surface area contributed by atoms with Gasteiger partial charge in [-0.2, -0.15) is 0 Å². The average molecular weight is 281 g/mol. The Morgan fingerprint density at radius 3 is 2.67 bits per heavy atom. The number of aromatic amines is 1. The van der Waals surface area contributed by atoms with Crippen molar-refractivity contribution in [3.63, 3.8) is 0 Å². The molecule has 106 valence electrons. The highest BCUT2D eigenvalue weighted by atomic mass is 16.5. The number of imidazole rings is 1. The number of hydroxylamine groups is 1. The molecule has 3 rings (SSSR count). The van der Waals surface area contributed by atoms with E-state index in [0.29, 0.717) is 5.56 Å². The minimum absolute atomic E-state index is 0.376. The van der Waals surface area contributed by atoms with E-state index in [1.54, 1.807) is 23.7 Å². The molecule has 0 radical (unpaired) electrons. The summed E-state index contributed by atoms with van der Waals surface area (Å²) in [6.07, 6.45) is 1.00. The van der Waals surface area contributed by atoms with Gasteiger partial charge in [0.05, 0.1) is 11.0 Å². The third-order valence-electron chi connectivity index (χ3n) is 3.48. The normalized spacial score (nSPS) is 10.8. The minimum atomic E-state index is -0.541. The van der Waals surface area contributed by atoms with E-state index in [4.69, 9.17) is 5.21 Å². The van der Waals surface area contributed by atoms with Crippen molar-refractivity contribution in [2.45, 2.75) is 13.3 Å². The van der Waals surface area contributed by atoms with Crippen LogP contribution in [-0.2, 0) is 6.42 Å². The van der Waals surface area contributed by atoms with Gasteiger partial charge in [0, 0.05) is 11.1 Å². The first kappa shape index (κ1) is 13.3. The fraction of sp³-hybridized carbons (Fsp3) is 0.125. The molecule has 0 aliphatic carbocycles. The van der Waals surface area contributed by atoms with Gasteiger partial charge < -0.3 is 4.98 Å². The Kier molecular flexibility index (Phi) is 3.41. The van der Waals surface area contributed by atoms with Gasteiger partial charge in [0.25, 0.3) is 5.91 Å². The topological polar surface area (TPSA) is 78.0 Å². The maximum absolute atomic E-state index is 11.4. The molecule has 3 N–H and O–H groups in total. The molecule has 0 spiro atoms. The molecule has 5 nitrogen and oxygen atoms in total. The summed E-state index contributed by atoms with van der Waals surface area (Å²) in [4.78, 5) is 19.1. The molecule has 0 unspecified atom stereocenters. The van der Waals surface area contributed by atoms with Gasteiger partial charge >= 0.3 is 0 Å². The van der Waals surface area contributed by atoms with Crippen LogP contribution in [0, 0.1) is 0 Å². The van der Waals surface area contributed by atoms with Crippen molar-refractivity contribution in [3.8, 4) is 11.4 Å². The first-order valence-electron chi connectivity index (χ1n) is 6.75. The SMILES string of the molecule is CCc1ccc(-c2nc3ccc(C(=O)NO)cc3[nH]2)cc1. The number of fused-ring (bicyclic) bond motifs is 1. The number of hydrogen-bond acceptors (Lipinski definition) is 3. The number of carbonyl (C=O) groups excluding carboxylic acids is 1. The molecule has 3 aromatic rings. The Balaban J connectivity index is 2.01. The highest BCUT2D eigenvalue weighted by Gasteiger charge is 2.09. The minimum Gasteiger partial charge on any atom is -0.338 e. The van der Waals surface area contributed by atoms with Gasteiger partial charge in [-0.3, -0.25) is 10.0 Å². The zero-order chi connectivity index (χ0) is 14.8. The number of benzene rings is 2. The van der Waals surface area contributed by atoms with Crippen LogP contribution in [-0.4, -0.2) is 21.1 Å². The van der Waals surface area contributed by atoms with Crippen molar-refractivity contribution in [1.29, 1.82) is 0 Å². The number of rotatable bonds is 3. The maximum Gasteiger partial charge on any atom is 0.274 e. The van der Waals surface area contributed by atoms with Gasteiger partial charge in [-0.05, 0) is 30.2 Å². The second kappa shape index (κ2) is 5.38. The summed E-state index contributed by atoms with van der Waals surface area (Å²) in [5, 5.41) is 8.67. The largest absolute Gasteiger partial charge is 0.338 e. The number of carbonyl (C=O) groups is 1. The standard InChI is InChI=1S/C16H15N3O2/c1-2-10-3-5-11(6-4-10)15-17-13-8-7-12(16(20)19-21)9-14(13)18-15/h3-9,21H,2H2,1H3,(H,17,18)(H,19,20). The van der Waals surface area contributed by atoms with Gasteiger partial charge in [0.15, 0.2) is 0 Å². The molecule has 1 amide bonds. The zero-order valence-corrected chi connectivity index (χ0v) is 11.6. The lowest BCUT2D eigenvalue weighted by Gasteiger charge is -1.99. The van der Waals surface area contributed by atoms with E-state index in [2.05, 4.69) is 29.0 Å². The van der Waals surface area contributed by atoms with E-state index in [9.17, 15) is 4.79 Å². The predicted molar refractivity (Wildman–Crippen MR) is 80.2 cm³/mol. The molecule has 0 saturated heterocycles.